The lowest BCUT2D eigenvalue weighted by molar-refractivity contribution is -0.385. The Hall–Kier alpha value is -2.48. The molecule has 1 aromatic heterocycles. The number of nitrogens with two attached hydrogens (primary N) is 1. The number of nitro benzene ring substituents is 1. The van der Waals surface area contributed by atoms with E-state index in [0.29, 0.717) is 10.0 Å². The maximum Gasteiger partial charge on any atom is 0.274 e. The molecular weight excluding hydrogens is 328 g/mol. The van der Waals surface area contributed by atoms with Crippen LogP contribution in [0.3, 0.4) is 0 Å². The fourth-order valence-electron chi connectivity index (χ4n) is 1.50. The zero-order valence-electron chi connectivity index (χ0n) is 10.0. The summed E-state index contributed by atoms with van der Waals surface area (Å²) in [6.45, 7) is 0. The van der Waals surface area contributed by atoms with Crippen LogP contribution in [0.1, 0.15) is 5.56 Å². The van der Waals surface area contributed by atoms with Gasteiger partial charge in [-0.25, -0.2) is 4.98 Å². The summed E-state index contributed by atoms with van der Waals surface area (Å²) in [5.41, 5.74) is 5.62. The van der Waals surface area contributed by atoms with Crippen LogP contribution >= 0.6 is 15.9 Å². The van der Waals surface area contributed by atoms with E-state index in [0.717, 1.165) is 0 Å². The summed E-state index contributed by atoms with van der Waals surface area (Å²) >= 11 is 3.17. The van der Waals surface area contributed by atoms with Crippen LogP contribution in [0.4, 0.5) is 5.69 Å². The molecule has 0 radical (unpaired) electrons. The summed E-state index contributed by atoms with van der Waals surface area (Å²) < 4.78 is 5.98. The van der Waals surface area contributed by atoms with Crippen LogP contribution in [-0.2, 0) is 0 Å². The average Bonchev–Trinajstić information content (AvgIpc) is 2.38. The van der Waals surface area contributed by atoms with Gasteiger partial charge in [0.25, 0.3) is 5.69 Å². The summed E-state index contributed by atoms with van der Waals surface area (Å²) in [6, 6.07) is 7.39. The third-order valence-corrected chi connectivity index (χ3v) is 2.80. The number of nitro groups is 1. The standard InChI is InChI=1S/C12H9BrN4O3/c13-7-4-8(17(18)19)6-9(5-7)20-12-10(11(14)15)2-1-3-16-12/h1-6H,(H3,14,15). The van der Waals surface area contributed by atoms with E-state index in [1.807, 2.05) is 0 Å². The van der Waals surface area contributed by atoms with Crippen molar-refractivity contribution in [1.29, 1.82) is 5.41 Å². The van der Waals surface area contributed by atoms with Crippen LogP contribution in [0.25, 0.3) is 0 Å². The van der Waals surface area contributed by atoms with Crippen molar-refractivity contribution in [2.24, 2.45) is 5.73 Å². The Balaban J connectivity index is 2.40. The number of nitrogen functional groups attached to an aromatic ring is 1. The molecule has 1 aromatic carbocycles. The molecule has 0 atom stereocenters. The van der Waals surface area contributed by atoms with Gasteiger partial charge in [0.2, 0.25) is 5.88 Å². The molecule has 2 rings (SSSR count). The van der Waals surface area contributed by atoms with E-state index >= 15 is 0 Å². The molecule has 0 saturated heterocycles. The average molecular weight is 337 g/mol. The van der Waals surface area contributed by atoms with Gasteiger partial charge in [0.15, 0.2) is 0 Å². The SMILES string of the molecule is N=C(N)c1cccnc1Oc1cc(Br)cc([N+](=O)[O-])c1. The summed E-state index contributed by atoms with van der Waals surface area (Å²) in [7, 11) is 0. The fraction of sp³-hybridized carbons (Fsp3) is 0. The van der Waals surface area contributed by atoms with E-state index in [2.05, 4.69) is 20.9 Å². The number of amidine groups is 1. The predicted molar refractivity (Wildman–Crippen MR) is 76.1 cm³/mol. The Morgan fingerprint density at radius 2 is 2.20 bits per heavy atom. The van der Waals surface area contributed by atoms with Crippen LogP contribution in [0.5, 0.6) is 11.6 Å². The molecule has 0 amide bonds. The summed E-state index contributed by atoms with van der Waals surface area (Å²) in [4.78, 5) is 14.2. The highest BCUT2D eigenvalue weighted by Crippen LogP contribution is 2.30. The molecule has 0 bridgehead atoms. The first-order chi connectivity index (χ1) is 9.47. The Bertz CT molecular complexity index is 690. The molecule has 8 heteroatoms. The molecule has 0 aliphatic carbocycles. The van der Waals surface area contributed by atoms with Crippen molar-refractivity contribution in [1.82, 2.24) is 4.98 Å². The Kier molecular flexibility index (Phi) is 3.94. The number of rotatable bonds is 4. The molecule has 0 unspecified atom stereocenters. The van der Waals surface area contributed by atoms with Gasteiger partial charge in [0.05, 0.1) is 16.6 Å². The van der Waals surface area contributed by atoms with Crippen molar-refractivity contribution in [3.05, 3.63) is 56.7 Å². The zero-order chi connectivity index (χ0) is 14.7. The Morgan fingerprint density at radius 3 is 2.85 bits per heavy atom. The highest BCUT2D eigenvalue weighted by molar-refractivity contribution is 9.10. The Morgan fingerprint density at radius 1 is 1.45 bits per heavy atom. The predicted octanol–water partition coefficient (Wildman–Crippen LogP) is 2.83. The van der Waals surface area contributed by atoms with E-state index in [4.69, 9.17) is 15.9 Å². The number of benzene rings is 1. The van der Waals surface area contributed by atoms with Gasteiger partial charge >= 0.3 is 0 Å². The topological polar surface area (TPSA) is 115 Å². The quantitative estimate of drug-likeness (QED) is 0.385. The van der Waals surface area contributed by atoms with Gasteiger partial charge in [0.1, 0.15) is 11.6 Å². The maximum atomic E-state index is 10.8. The molecule has 2 aromatic rings. The first kappa shape index (κ1) is 13.9. The van der Waals surface area contributed by atoms with Crippen molar-refractivity contribution in [3.63, 3.8) is 0 Å². The first-order valence-electron chi connectivity index (χ1n) is 5.39. The largest absolute Gasteiger partial charge is 0.438 e. The number of hydrogen-bond donors (Lipinski definition) is 2. The van der Waals surface area contributed by atoms with Crippen LogP contribution in [0.15, 0.2) is 41.0 Å². The van der Waals surface area contributed by atoms with Gasteiger partial charge in [-0.2, -0.15) is 0 Å². The van der Waals surface area contributed by atoms with Crippen LogP contribution < -0.4 is 10.5 Å². The monoisotopic (exact) mass is 336 g/mol. The van der Waals surface area contributed by atoms with E-state index in [-0.39, 0.29) is 23.2 Å². The third kappa shape index (κ3) is 3.09. The highest BCUT2D eigenvalue weighted by Gasteiger charge is 2.13. The minimum atomic E-state index is -0.526. The lowest BCUT2D eigenvalue weighted by Crippen LogP contribution is -2.12. The second-order valence-corrected chi connectivity index (χ2v) is 4.69. The van der Waals surface area contributed by atoms with Gasteiger partial charge in [-0.05, 0) is 18.2 Å². The number of non-ortho nitro benzene ring substituents is 1. The number of nitrogens with zero attached hydrogens (tertiary/aromatic N) is 2. The smallest absolute Gasteiger partial charge is 0.274 e. The molecule has 3 N–H and O–H groups in total. The lowest BCUT2D eigenvalue weighted by atomic mass is 10.2. The van der Waals surface area contributed by atoms with Gasteiger partial charge in [-0.1, -0.05) is 15.9 Å². The van der Waals surface area contributed by atoms with Crippen molar-refractivity contribution in [3.8, 4) is 11.6 Å². The van der Waals surface area contributed by atoms with E-state index < -0.39 is 4.92 Å². The summed E-state index contributed by atoms with van der Waals surface area (Å²) in [6.07, 6.45) is 1.48. The molecule has 7 nitrogen and oxygen atoms in total. The normalized spacial score (nSPS) is 10.1. The van der Waals surface area contributed by atoms with E-state index in [1.54, 1.807) is 18.2 Å². The number of hydrogen-bond acceptors (Lipinski definition) is 5. The molecular formula is C12H9BrN4O3. The molecule has 0 aliphatic heterocycles. The van der Waals surface area contributed by atoms with Gasteiger partial charge < -0.3 is 10.5 Å². The number of ether oxygens (including phenoxy) is 1. The Labute approximate surface area is 122 Å². The molecule has 0 spiro atoms. The van der Waals surface area contributed by atoms with Gasteiger partial charge in [-0.15, -0.1) is 0 Å². The van der Waals surface area contributed by atoms with Crippen molar-refractivity contribution < 1.29 is 9.66 Å². The number of pyridine rings is 1. The van der Waals surface area contributed by atoms with E-state index in [9.17, 15) is 10.1 Å². The molecule has 20 heavy (non-hydrogen) atoms. The molecule has 1 heterocycles. The van der Waals surface area contributed by atoms with Crippen molar-refractivity contribution in [2.45, 2.75) is 0 Å². The van der Waals surface area contributed by atoms with Crippen LogP contribution in [0, 0.1) is 15.5 Å². The van der Waals surface area contributed by atoms with Gasteiger partial charge in [-0.3, -0.25) is 15.5 Å². The lowest BCUT2D eigenvalue weighted by Gasteiger charge is -2.08. The maximum absolute atomic E-state index is 10.8. The minimum Gasteiger partial charge on any atom is -0.438 e. The van der Waals surface area contributed by atoms with Crippen LogP contribution in [0.2, 0.25) is 0 Å². The molecule has 102 valence electrons. The molecule has 0 saturated carbocycles. The number of halogens is 1. The van der Waals surface area contributed by atoms with Crippen molar-refractivity contribution in [2.75, 3.05) is 0 Å². The van der Waals surface area contributed by atoms with E-state index in [1.165, 1.54) is 18.3 Å². The van der Waals surface area contributed by atoms with Gasteiger partial charge in [0, 0.05) is 16.7 Å². The second-order valence-electron chi connectivity index (χ2n) is 3.77. The van der Waals surface area contributed by atoms with Crippen molar-refractivity contribution >= 4 is 27.5 Å². The third-order valence-electron chi connectivity index (χ3n) is 2.34. The summed E-state index contributed by atoms with van der Waals surface area (Å²) in [5, 5.41) is 18.2. The molecule has 0 fully saturated rings. The first-order valence-corrected chi connectivity index (χ1v) is 6.19. The number of aromatic nitrogens is 1. The summed E-state index contributed by atoms with van der Waals surface area (Å²) in [5.74, 6) is 0.150. The second kappa shape index (κ2) is 5.66. The fourth-order valence-corrected chi connectivity index (χ4v) is 1.96. The minimum absolute atomic E-state index is 0.116. The number of nitrogens with one attached hydrogen (secondary N) is 1. The highest BCUT2D eigenvalue weighted by atomic mass is 79.9. The van der Waals surface area contributed by atoms with Crippen LogP contribution in [-0.4, -0.2) is 15.7 Å². The molecule has 0 aliphatic rings. The zero-order valence-corrected chi connectivity index (χ0v) is 11.6.